The standard InChI is InChI=1S/C14H15NO2/c16-13-11-3-1-2-4-12(11)14(17-13)7-9-5-6-10(8-14)15-9/h1-4,9-10,15H,5-8H2. The largest absolute Gasteiger partial charge is 0.450 e. The smallest absolute Gasteiger partial charge is 0.339 e. The Hall–Kier alpha value is -1.35. The average Bonchev–Trinajstić information content (AvgIpc) is 2.80. The molecule has 17 heavy (non-hydrogen) atoms. The van der Waals surface area contributed by atoms with E-state index in [1.165, 1.54) is 12.8 Å². The minimum atomic E-state index is -0.329. The van der Waals surface area contributed by atoms with Crippen LogP contribution in [0.1, 0.15) is 41.6 Å². The maximum atomic E-state index is 11.9. The molecule has 2 fully saturated rings. The molecule has 2 unspecified atom stereocenters. The maximum Gasteiger partial charge on any atom is 0.339 e. The minimum Gasteiger partial charge on any atom is -0.450 e. The molecule has 0 amide bonds. The first-order chi connectivity index (χ1) is 8.27. The summed E-state index contributed by atoms with van der Waals surface area (Å²) in [6.07, 6.45) is 4.30. The molecule has 3 heterocycles. The monoisotopic (exact) mass is 229 g/mol. The van der Waals surface area contributed by atoms with Crippen LogP contribution in [0.2, 0.25) is 0 Å². The third kappa shape index (κ3) is 1.23. The molecule has 4 rings (SSSR count). The summed E-state index contributed by atoms with van der Waals surface area (Å²) in [6, 6.07) is 8.91. The lowest BCUT2D eigenvalue weighted by Gasteiger charge is -2.37. The highest BCUT2D eigenvalue weighted by Crippen LogP contribution is 2.48. The van der Waals surface area contributed by atoms with Crippen molar-refractivity contribution in [2.45, 2.75) is 43.4 Å². The molecule has 2 atom stereocenters. The number of esters is 1. The van der Waals surface area contributed by atoms with E-state index in [4.69, 9.17) is 4.74 Å². The number of nitrogens with one attached hydrogen (secondary N) is 1. The number of benzene rings is 1. The van der Waals surface area contributed by atoms with Crippen LogP contribution in [0.25, 0.3) is 0 Å². The topological polar surface area (TPSA) is 38.3 Å². The summed E-state index contributed by atoms with van der Waals surface area (Å²) in [5, 5.41) is 3.60. The molecule has 3 aliphatic heterocycles. The van der Waals surface area contributed by atoms with Crippen LogP contribution < -0.4 is 5.32 Å². The Morgan fingerprint density at radius 3 is 2.65 bits per heavy atom. The summed E-state index contributed by atoms with van der Waals surface area (Å²) >= 11 is 0. The van der Waals surface area contributed by atoms with Gasteiger partial charge in [0.05, 0.1) is 5.56 Å². The van der Waals surface area contributed by atoms with Crippen LogP contribution in [0.15, 0.2) is 24.3 Å². The van der Waals surface area contributed by atoms with Crippen molar-refractivity contribution >= 4 is 5.97 Å². The first-order valence-corrected chi connectivity index (χ1v) is 6.36. The van der Waals surface area contributed by atoms with Crippen molar-refractivity contribution in [2.24, 2.45) is 0 Å². The minimum absolute atomic E-state index is 0.137. The summed E-state index contributed by atoms with van der Waals surface area (Å²) in [5.74, 6) is -0.137. The molecule has 1 spiro atoms. The Balaban J connectivity index is 1.83. The van der Waals surface area contributed by atoms with Gasteiger partial charge in [-0.05, 0) is 18.9 Å². The molecule has 1 N–H and O–H groups in total. The summed E-state index contributed by atoms with van der Waals surface area (Å²) in [5.41, 5.74) is 1.56. The number of piperidine rings is 1. The quantitative estimate of drug-likeness (QED) is 0.691. The summed E-state index contributed by atoms with van der Waals surface area (Å²) in [7, 11) is 0. The highest BCUT2D eigenvalue weighted by Gasteiger charge is 2.52. The van der Waals surface area contributed by atoms with E-state index in [2.05, 4.69) is 11.4 Å². The van der Waals surface area contributed by atoms with Gasteiger partial charge >= 0.3 is 5.97 Å². The van der Waals surface area contributed by atoms with Crippen LogP contribution >= 0.6 is 0 Å². The van der Waals surface area contributed by atoms with Gasteiger partial charge in [0.2, 0.25) is 0 Å². The van der Waals surface area contributed by atoms with E-state index in [0.717, 1.165) is 24.0 Å². The predicted molar refractivity (Wildman–Crippen MR) is 62.7 cm³/mol. The molecule has 2 bridgehead atoms. The van der Waals surface area contributed by atoms with E-state index >= 15 is 0 Å². The maximum absolute atomic E-state index is 11.9. The van der Waals surface area contributed by atoms with Gasteiger partial charge in [0, 0.05) is 30.5 Å². The lowest BCUT2D eigenvalue weighted by atomic mass is 9.81. The molecule has 0 radical (unpaired) electrons. The average molecular weight is 229 g/mol. The Kier molecular flexibility index (Phi) is 1.76. The first-order valence-electron chi connectivity index (χ1n) is 6.36. The van der Waals surface area contributed by atoms with Gasteiger partial charge in [-0.1, -0.05) is 18.2 Å². The Morgan fingerprint density at radius 2 is 1.88 bits per heavy atom. The van der Waals surface area contributed by atoms with E-state index in [-0.39, 0.29) is 11.6 Å². The summed E-state index contributed by atoms with van der Waals surface area (Å²) in [4.78, 5) is 11.9. The van der Waals surface area contributed by atoms with Crippen molar-refractivity contribution in [1.82, 2.24) is 5.32 Å². The lowest BCUT2D eigenvalue weighted by molar-refractivity contribution is -0.0342. The van der Waals surface area contributed by atoms with Crippen molar-refractivity contribution in [3.05, 3.63) is 35.4 Å². The van der Waals surface area contributed by atoms with Gasteiger partial charge < -0.3 is 10.1 Å². The molecule has 1 aromatic rings. The van der Waals surface area contributed by atoms with E-state index in [1.54, 1.807) is 0 Å². The van der Waals surface area contributed by atoms with Gasteiger partial charge in [0.25, 0.3) is 0 Å². The Morgan fingerprint density at radius 1 is 1.18 bits per heavy atom. The number of hydrogen-bond acceptors (Lipinski definition) is 3. The number of rotatable bonds is 0. The van der Waals surface area contributed by atoms with Crippen LogP contribution in [-0.4, -0.2) is 18.1 Å². The SMILES string of the molecule is O=C1OC2(CC3CCC(C2)N3)c2ccccc21. The number of carbonyl (C=O) groups excluding carboxylic acids is 1. The van der Waals surface area contributed by atoms with E-state index in [0.29, 0.717) is 12.1 Å². The molecule has 0 saturated carbocycles. The van der Waals surface area contributed by atoms with Crippen LogP contribution in [0, 0.1) is 0 Å². The third-order valence-corrected chi connectivity index (χ3v) is 4.41. The fourth-order valence-electron chi connectivity index (χ4n) is 3.75. The van der Waals surface area contributed by atoms with Gasteiger partial charge in [-0.15, -0.1) is 0 Å². The molecule has 0 aliphatic carbocycles. The van der Waals surface area contributed by atoms with Crippen LogP contribution in [0.4, 0.5) is 0 Å². The fraction of sp³-hybridized carbons (Fsp3) is 0.500. The van der Waals surface area contributed by atoms with Crippen molar-refractivity contribution in [2.75, 3.05) is 0 Å². The van der Waals surface area contributed by atoms with Crippen molar-refractivity contribution in [3.63, 3.8) is 0 Å². The van der Waals surface area contributed by atoms with Crippen molar-refractivity contribution < 1.29 is 9.53 Å². The molecule has 1 aromatic carbocycles. The molecule has 0 aromatic heterocycles. The van der Waals surface area contributed by atoms with E-state index < -0.39 is 0 Å². The van der Waals surface area contributed by atoms with Gasteiger partial charge in [-0.2, -0.15) is 0 Å². The highest BCUT2D eigenvalue weighted by molar-refractivity contribution is 5.94. The molecule has 3 heteroatoms. The van der Waals surface area contributed by atoms with Gasteiger partial charge in [-0.25, -0.2) is 4.79 Å². The predicted octanol–water partition coefficient (Wildman–Crippen LogP) is 1.97. The second kappa shape index (κ2) is 3.10. The van der Waals surface area contributed by atoms with Crippen LogP contribution in [0.3, 0.4) is 0 Å². The number of carbonyl (C=O) groups is 1. The van der Waals surface area contributed by atoms with E-state index in [1.807, 2.05) is 18.2 Å². The zero-order valence-corrected chi connectivity index (χ0v) is 9.61. The number of ether oxygens (including phenoxy) is 1. The summed E-state index contributed by atoms with van der Waals surface area (Å²) in [6.45, 7) is 0. The second-order valence-corrected chi connectivity index (χ2v) is 5.48. The fourth-order valence-corrected chi connectivity index (χ4v) is 3.75. The molecule has 88 valence electrons. The van der Waals surface area contributed by atoms with Crippen molar-refractivity contribution in [3.8, 4) is 0 Å². The lowest BCUT2D eigenvalue weighted by Crippen LogP contribution is -2.46. The van der Waals surface area contributed by atoms with Gasteiger partial charge in [0.1, 0.15) is 5.60 Å². The van der Waals surface area contributed by atoms with Crippen molar-refractivity contribution in [1.29, 1.82) is 0 Å². The molecular formula is C14H15NO2. The zero-order chi connectivity index (χ0) is 11.5. The number of fused-ring (bicyclic) bond motifs is 4. The zero-order valence-electron chi connectivity index (χ0n) is 9.61. The number of hydrogen-bond donors (Lipinski definition) is 1. The van der Waals surface area contributed by atoms with Gasteiger partial charge in [0.15, 0.2) is 0 Å². The van der Waals surface area contributed by atoms with Crippen LogP contribution in [0.5, 0.6) is 0 Å². The summed E-state index contributed by atoms with van der Waals surface area (Å²) < 4.78 is 5.76. The second-order valence-electron chi connectivity index (χ2n) is 5.48. The molecule has 3 aliphatic rings. The molecule has 3 nitrogen and oxygen atoms in total. The molecule has 2 saturated heterocycles. The molecular weight excluding hydrogens is 214 g/mol. The normalized spacial score (nSPS) is 38.2. The third-order valence-electron chi connectivity index (χ3n) is 4.41. The highest BCUT2D eigenvalue weighted by atomic mass is 16.6. The van der Waals surface area contributed by atoms with E-state index in [9.17, 15) is 4.79 Å². The van der Waals surface area contributed by atoms with Crippen LogP contribution in [-0.2, 0) is 10.3 Å². The van der Waals surface area contributed by atoms with Gasteiger partial charge in [-0.3, -0.25) is 0 Å². The Labute approximate surface area is 100 Å². The Bertz CT molecular complexity index is 485. The first kappa shape index (κ1) is 9.66.